The molecule has 0 aliphatic heterocycles. The van der Waals surface area contributed by atoms with Gasteiger partial charge >= 0.3 is 5.69 Å². The molecule has 1 aliphatic carbocycles. The highest BCUT2D eigenvalue weighted by Crippen LogP contribution is 2.32. The van der Waals surface area contributed by atoms with E-state index in [-0.39, 0.29) is 17.1 Å². The number of benzene rings is 1. The summed E-state index contributed by atoms with van der Waals surface area (Å²) in [5, 5.41) is 26.4. The van der Waals surface area contributed by atoms with Crippen LogP contribution in [-0.4, -0.2) is 19.6 Å². The van der Waals surface area contributed by atoms with Crippen LogP contribution in [0.25, 0.3) is 5.69 Å². The van der Waals surface area contributed by atoms with Crippen LogP contribution in [0.4, 0.5) is 11.4 Å². The van der Waals surface area contributed by atoms with E-state index in [2.05, 4.69) is 5.10 Å². The topological polar surface area (TPSA) is 104 Å². The molecular formula is C13H12N4O4. The van der Waals surface area contributed by atoms with E-state index in [9.17, 15) is 20.2 Å². The second kappa shape index (κ2) is 4.65. The molecule has 0 saturated heterocycles. The second-order valence-electron chi connectivity index (χ2n) is 4.96. The largest absolute Gasteiger partial charge is 0.301 e. The van der Waals surface area contributed by atoms with Crippen LogP contribution in [0.1, 0.15) is 23.4 Å². The lowest BCUT2D eigenvalue weighted by molar-refractivity contribution is -0.394. The minimum absolute atomic E-state index is 0.275. The predicted octanol–water partition coefficient (Wildman–Crippen LogP) is 2.49. The van der Waals surface area contributed by atoms with Crippen LogP contribution in [0.5, 0.6) is 0 Å². The van der Waals surface area contributed by atoms with Crippen LogP contribution in [0, 0.1) is 27.2 Å². The fourth-order valence-electron chi connectivity index (χ4n) is 2.77. The highest BCUT2D eigenvalue weighted by Gasteiger charge is 2.26. The Morgan fingerprint density at radius 2 is 1.95 bits per heavy atom. The van der Waals surface area contributed by atoms with E-state index in [0.717, 1.165) is 42.3 Å². The van der Waals surface area contributed by atoms with E-state index in [1.54, 1.807) is 4.68 Å². The SMILES string of the molecule is Cc1nn(-c2ccc([N+](=O)[O-])cc2[N+](=O)[O-])c2c1CCC2. The van der Waals surface area contributed by atoms with Gasteiger partial charge in [-0.1, -0.05) is 0 Å². The summed E-state index contributed by atoms with van der Waals surface area (Å²) in [6.07, 6.45) is 2.72. The van der Waals surface area contributed by atoms with Crippen LogP contribution in [0.15, 0.2) is 18.2 Å². The summed E-state index contributed by atoms with van der Waals surface area (Å²) in [4.78, 5) is 20.7. The van der Waals surface area contributed by atoms with Crippen molar-refractivity contribution in [1.29, 1.82) is 0 Å². The molecule has 3 rings (SSSR count). The van der Waals surface area contributed by atoms with Crippen molar-refractivity contribution in [2.24, 2.45) is 0 Å². The molecule has 0 spiro atoms. The van der Waals surface area contributed by atoms with Gasteiger partial charge in [-0.3, -0.25) is 20.2 Å². The molecule has 0 atom stereocenters. The van der Waals surface area contributed by atoms with Crippen LogP contribution >= 0.6 is 0 Å². The molecule has 8 heteroatoms. The van der Waals surface area contributed by atoms with Gasteiger partial charge in [0.05, 0.1) is 21.6 Å². The quantitative estimate of drug-likeness (QED) is 0.637. The number of hydrogen-bond acceptors (Lipinski definition) is 5. The average Bonchev–Trinajstić information content (AvgIpc) is 3.02. The van der Waals surface area contributed by atoms with Crippen LogP contribution < -0.4 is 0 Å². The summed E-state index contributed by atoms with van der Waals surface area (Å²) in [6.45, 7) is 1.87. The number of nitro groups is 2. The maximum Gasteiger partial charge on any atom is 0.301 e. The standard InChI is InChI=1S/C13H12N4O4/c1-8-10-3-2-4-11(10)15(14-8)12-6-5-9(16(18)19)7-13(12)17(20)21/h5-7H,2-4H2,1H3. The van der Waals surface area contributed by atoms with Crippen LogP contribution in [0.2, 0.25) is 0 Å². The van der Waals surface area contributed by atoms with Crippen molar-refractivity contribution in [2.75, 3.05) is 0 Å². The first kappa shape index (κ1) is 13.2. The monoisotopic (exact) mass is 288 g/mol. The third-order valence-electron chi connectivity index (χ3n) is 3.73. The molecule has 0 saturated carbocycles. The van der Waals surface area contributed by atoms with Crippen molar-refractivity contribution in [3.05, 3.63) is 55.4 Å². The zero-order valence-electron chi connectivity index (χ0n) is 11.3. The number of fused-ring (bicyclic) bond motifs is 1. The molecular weight excluding hydrogens is 276 g/mol. The fraction of sp³-hybridized carbons (Fsp3) is 0.308. The van der Waals surface area contributed by atoms with Crippen molar-refractivity contribution >= 4 is 11.4 Å². The molecule has 1 aliphatic rings. The van der Waals surface area contributed by atoms with Gasteiger partial charge in [0.1, 0.15) is 5.69 Å². The number of hydrogen-bond donors (Lipinski definition) is 0. The predicted molar refractivity (Wildman–Crippen MR) is 73.6 cm³/mol. The van der Waals surface area contributed by atoms with Crippen molar-refractivity contribution in [2.45, 2.75) is 26.2 Å². The molecule has 1 heterocycles. The molecule has 2 aromatic rings. The Bertz CT molecular complexity index is 766. The fourth-order valence-corrected chi connectivity index (χ4v) is 2.77. The Labute approximate surface area is 119 Å². The van der Waals surface area contributed by atoms with E-state index >= 15 is 0 Å². The van der Waals surface area contributed by atoms with Gasteiger partial charge in [-0.15, -0.1) is 0 Å². The zero-order valence-corrected chi connectivity index (χ0v) is 11.3. The zero-order chi connectivity index (χ0) is 15.1. The summed E-state index contributed by atoms with van der Waals surface area (Å²) >= 11 is 0. The molecule has 0 bridgehead atoms. The third kappa shape index (κ3) is 2.04. The maximum atomic E-state index is 11.2. The molecule has 8 nitrogen and oxygen atoms in total. The van der Waals surface area contributed by atoms with Gasteiger partial charge in [-0.2, -0.15) is 5.10 Å². The molecule has 21 heavy (non-hydrogen) atoms. The number of nitro benzene ring substituents is 2. The third-order valence-corrected chi connectivity index (χ3v) is 3.73. The van der Waals surface area contributed by atoms with Crippen LogP contribution in [0.3, 0.4) is 0 Å². The van der Waals surface area contributed by atoms with E-state index < -0.39 is 9.85 Å². The number of nitrogens with zero attached hydrogens (tertiary/aromatic N) is 4. The first-order chi connectivity index (χ1) is 9.99. The van der Waals surface area contributed by atoms with E-state index in [1.165, 1.54) is 12.1 Å². The minimum Gasteiger partial charge on any atom is -0.258 e. The summed E-state index contributed by atoms with van der Waals surface area (Å²) in [7, 11) is 0. The Morgan fingerprint density at radius 3 is 2.62 bits per heavy atom. The molecule has 0 unspecified atom stereocenters. The Hall–Kier alpha value is -2.77. The van der Waals surface area contributed by atoms with Gasteiger partial charge in [-0.05, 0) is 37.8 Å². The first-order valence-corrected chi connectivity index (χ1v) is 6.49. The van der Waals surface area contributed by atoms with Crippen molar-refractivity contribution < 1.29 is 9.85 Å². The van der Waals surface area contributed by atoms with Gasteiger partial charge in [0.2, 0.25) is 0 Å². The second-order valence-corrected chi connectivity index (χ2v) is 4.96. The maximum absolute atomic E-state index is 11.2. The van der Waals surface area contributed by atoms with Crippen LogP contribution in [-0.2, 0) is 12.8 Å². The van der Waals surface area contributed by atoms with Crippen molar-refractivity contribution in [3.8, 4) is 5.69 Å². The van der Waals surface area contributed by atoms with Gasteiger partial charge < -0.3 is 0 Å². The van der Waals surface area contributed by atoms with Gasteiger partial charge in [0.15, 0.2) is 0 Å². The molecule has 1 aromatic carbocycles. The molecule has 0 amide bonds. The van der Waals surface area contributed by atoms with E-state index in [1.807, 2.05) is 6.92 Å². The average molecular weight is 288 g/mol. The number of non-ortho nitro benzene ring substituents is 1. The molecule has 0 fully saturated rings. The molecule has 1 aromatic heterocycles. The highest BCUT2D eigenvalue weighted by atomic mass is 16.6. The molecule has 0 N–H and O–H groups in total. The van der Waals surface area contributed by atoms with Crippen molar-refractivity contribution in [1.82, 2.24) is 9.78 Å². The summed E-state index contributed by atoms with van der Waals surface area (Å²) in [5.41, 5.74) is 2.62. The summed E-state index contributed by atoms with van der Waals surface area (Å²) < 4.78 is 1.56. The van der Waals surface area contributed by atoms with Crippen molar-refractivity contribution in [3.63, 3.8) is 0 Å². The van der Waals surface area contributed by atoms with E-state index in [0.29, 0.717) is 0 Å². The Balaban J connectivity index is 2.21. The number of aryl methyl sites for hydroxylation is 1. The number of rotatable bonds is 3. The highest BCUT2D eigenvalue weighted by molar-refractivity contribution is 5.59. The lowest BCUT2D eigenvalue weighted by Gasteiger charge is -2.06. The van der Waals surface area contributed by atoms with Gasteiger partial charge in [-0.25, -0.2) is 4.68 Å². The lowest BCUT2D eigenvalue weighted by atomic mass is 10.2. The van der Waals surface area contributed by atoms with Gasteiger partial charge in [0.25, 0.3) is 5.69 Å². The van der Waals surface area contributed by atoms with E-state index in [4.69, 9.17) is 0 Å². The number of aromatic nitrogens is 2. The molecule has 108 valence electrons. The lowest BCUT2D eigenvalue weighted by Crippen LogP contribution is -2.05. The summed E-state index contributed by atoms with van der Waals surface area (Å²) in [6, 6.07) is 3.63. The minimum atomic E-state index is -0.643. The summed E-state index contributed by atoms with van der Waals surface area (Å²) in [5.74, 6) is 0. The Morgan fingerprint density at radius 1 is 1.19 bits per heavy atom. The smallest absolute Gasteiger partial charge is 0.258 e. The molecule has 0 radical (unpaired) electrons. The Kier molecular flexibility index (Phi) is 2.93. The first-order valence-electron chi connectivity index (χ1n) is 6.49. The van der Waals surface area contributed by atoms with Gasteiger partial charge in [0, 0.05) is 11.8 Å². The normalized spacial score (nSPS) is 13.2.